The highest BCUT2D eigenvalue weighted by Gasteiger charge is 2.30. The van der Waals surface area contributed by atoms with Crippen LogP contribution in [-0.4, -0.2) is 10.9 Å². The summed E-state index contributed by atoms with van der Waals surface area (Å²) in [4.78, 5) is 16.4. The lowest BCUT2D eigenvalue weighted by molar-refractivity contribution is -0.137. The number of hydrogen-bond donors (Lipinski definition) is 1. The number of benzene rings is 2. The lowest BCUT2D eigenvalue weighted by atomic mass is 10.1. The van der Waals surface area contributed by atoms with Gasteiger partial charge in [-0.2, -0.15) is 13.2 Å². The number of halogens is 3. The Labute approximate surface area is 152 Å². The van der Waals surface area contributed by atoms with Crippen molar-refractivity contribution < 1.29 is 18.0 Å². The van der Waals surface area contributed by atoms with Gasteiger partial charge >= 0.3 is 6.18 Å². The van der Waals surface area contributed by atoms with Crippen LogP contribution < -0.4 is 5.32 Å². The van der Waals surface area contributed by atoms with E-state index in [4.69, 9.17) is 0 Å². The molecule has 1 amide bonds. The van der Waals surface area contributed by atoms with Crippen molar-refractivity contribution in [3.63, 3.8) is 0 Å². The van der Waals surface area contributed by atoms with Crippen LogP contribution >= 0.6 is 11.3 Å². The molecular weight excluding hydrogens is 361 g/mol. The topological polar surface area (TPSA) is 42.0 Å². The molecule has 0 saturated heterocycles. The zero-order valence-electron chi connectivity index (χ0n) is 14.0. The van der Waals surface area contributed by atoms with Crippen LogP contribution in [0, 0.1) is 13.8 Å². The molecule has 3 rings (SSSR count). The molecule has 1 N–H and O–H groups in total. The number of amides is 1. The van der Waals surface area contributed by atoms with Crippen LogP contribution in [-0.2, 0) is 11.0 Å². The molecule has 0 radical (unpaired) electrons. The highest BCUT2D eigenvalue weighted by Crippen LogP contribution is 2.30. The van der Waals surface area contributed by atoms with E-state index >= 15 is 0 Å². The molecule has 0 aliphatic heterocycles. The van der Waals surface area contributed by atoms with Crippen molar-refractivity contribution in [1.82, 2.24) is 4.98 Å². The molecule has 7 heteroatoms. The van der Waals surface area contributed by atoms with Gasteiger partial charge in [-0.25, -0.2) is 4.98 Å². The molecule has 0 saturated carbocycles. The summed E-state index contributed by atoms with van der Waals surface area (Å²) in [5, 5.41) is 3.10. The highest BCUT2D eigenvalue weighted by molar-refractivity contribution is 7.22. The third-order valence-corrected chi connectivity index (χ3v) is 4.62. The number of carbonyl (C=O) groups excluding carboxylic acids is 1. The maximum atomic E-state index is 12.7. The minimum absolute atomic E-state index is 0.297. The van der Waals surface area contributed by atoms with E-state index in [1.165, 1.54) is 35.6 Å². The number of fused-ring (bicyclic) bond motifs is 1. The van der Waals surface area contributed by atoms with Gasteiger partial charge in [0.25, 0.3) is 0 Å². The molecule has 0 fully saturated rings. The van der Waals surface area contributed by atoms with Crippen LogP contribution in [0.2, 0.25) is 0 Å². The average Bonchev–Trinajstić information content (AvgIpc) is 2.95. The Kier molecular flexibility index (Phi) is 4.82. The number of nitrogens with one attached hydrogen (secondary N) is 1. The molecule has 3 nitrogen and oxygen atoms in total. The first kappa shape index (κ1) is 18.1. The fourth-order valence-electron chi connectivity index (χ4n) is 2.56. The number of alkyl halides is 3. The Balaban J connectivity index is 1.75. The van der Waals surface area contributed by atoms with E-state index in [0.29, 0.717) is 10.7 Å². The summed E-state index contributed by atoms with van der Waals surface area (Å²) in [6.07, 6.45) is -1.88. The summed E-state index contributed by atoms with van der Waals surface area (Å²) >= 11 is 1.36. The van der Waals surface area contributed by atoms with Crippen molar-refractivity contribution >= 4 is 38.7 Å². The molecule has 0 aliphatic carbocycles. The Bertz CT molecular complexity index is 1010. The van der Waals surface area contributed by atoms with Gasteiger partial charge in [-0.05, 0) is 54.8 Å². The van der Waals surface area contributed by atoms with Crippen molar-refractivity contribution in [3.05, 3.63) is 64.7 Å². The van der Waals surface area contributed by atoms with E-state index < -0.39 is 17.6 Å². The lowest BCUT2D eigenvalue weighted by Crippen LogP contribution is -2.07. The van der Waals surface area contributed by atoms with E-state index in [0.717, 1.165) is 33.5 Å². The molecule has 3 aromatic rings. The van der Waals surface area contributed by atoms with Crippen LogP contribution in [0.25, 0.3) is 16.3 Å². The first-order valence-corrected chi connectivity index (χ1v) is 8.58. The molecule has 2 aromatic carbocycles. The second-order valence-electron chi connectivity index (χ2n) is 5.89. The number of anilines is 1. The second-order valence-corrected chi connectivity index (χ2v) is 6.92. The Hall–Kier alpha value is -2.67. The molecule has 0 aliphatic rings. The molecule has 0 bridgehead atoms. The van der Waals surface area contributed by atoms with Gasteiger partial charge in [0.2, 0.25) is 5.91 Å². The molecule has 1 aromatic heterocycles. The largest absolute Gasteiger partial charge is 0.416 e. The van der Waals surface area contributed by atoms with Crippen molar-refractivity contribution in [2.75, 3.05) is 5.32 Å². The highest BCUT2D eigenvalue weighted by atomic mass is 32.1. The predicted molar refractivity (Wildman–Crippen MR) is 98.2 cm³/mol. The maximum Gasteiger partial charge on any atom is 0.416 e. The normalized spacial score (nSPS) is 12.0. The number of carbonyl (C=O) groups is 1. The third kappa shape index (κ3) is 4.11. The zero-order chi connectivity index (χ0) is 18.9. The summed E-state index contributed by atoms with van der Waals surface area (Å²) in [7, 11) is 0. The SMILES string of the molecule is Cc1cc(C)c2nc(NC(=O)/C=C/c3cccc(C(F)(F)F)c3)sc2c1. The van der Waals surface area contributed by atoms with E-state index in [1.54, 1.807) is 0 Å². The van der Waals surface area contributed by atoms with Crippen molar-refractivity contribution in [2.45, 2.75) is 20.0 Å². The summed E-state index contributed by atoms with van der Waals surface area (Å²) in [6, 6.07) is 8.80. The monoisotopic (exact) mass is 376 g/mol. The third-order valence-electron chi connectivity index (χ3n) is 3.70. The second kappa shape index (κ2) is 6.92. The molecule has 26 heavy (non-hydrogen) atoms. The van der Waals surface area contributed by atoms with E-state index in [-0.39, 0.29) is 0 Å². The van der Waals surface area contributed by atoms with E-state index in [1.807, 2.05) is 26.0 Å². The smallest absolute Gasteiger partial charge is 0.298 e. The fourth-order valence-corrected chi connectivity index (χ4v) is 3.61. The van der Waals surface area contributed by atoms with Gasteiger partial charge < -0.3 is 0 Å². The van der Waals surface area contributed by atoms with E-state index in [2.05, 4.69) is 10.3 Å². The summed E-state index contributed by atoms with van der Waals surface area (Å²) in [5.41, 5.74) is 2.51. The summed E-state index contributed by atoms with van der Waals surface area (Å²) in [5.74, 6) is -0.448. The molecule has 0 spiro atoms. The molecule has 134 valence electrons. The predicted octanol–water partition coefficient (Wildman–Crippen LogP) is 5.58. The average molecular weight is 376 g/mol. The maximum absolute atomic E-state index is 12.7. The van der Waals surface area contributed by atoms with Gasteiger partial charge in [0.05, 0.1) is 15.8 Å². The van der Waals surface area contributed by atoms with Gasteiger partial charge in [0.15, 0.2) is 5.13 Å². The van der Waals surface area contributed by atoms with Gasteiger partial charge in [-0.15, -0.1) is 0 Å². The van der Waals surface area contributed by atoms with E-state index in [9.17, 15) is 18.0 Å². The van der Waals surface area contributed by atoms with Crippen molar-refractivity contribution in [3.8, 4) is 0 Å². The number of rotatable bonds is 3. The van der Waals surface area contributed by atoms with Gasteiger partial charge in [-0.1, -0.05) is 29.5 Å². The number of hydrogen-bond acceptors (Lipinski definition) is 3. The number of aryl methyl sites for hydroxylation is 2. The van der Waals surface area contributed by atoms with Crippen molar-refractivity contribution in [1.29, 1.82) is 0 Å². The Morgan fingerprint density at radius 3 is 2.69 bits per heavy atom. The van der Waals surface area contributed by atoms with Gasteiger partial charge in [-0.3, -0.25) is 10.1 Å². The summed E-state index contributed by atoms with van der Waals surface area (Å²) < 4.78 is 39.1. The number of thiazole rings is 1. The first-order valence-electron chi connectivity index (χ1n) is 7.76. The minimum atomic E-state index is -4.41. The number of nitrogens with zero attached hydrogens (tertiary/aromatic N) is 1. The zero-order valence-corrected chi connectivity index (χ0v) is 14.8. The molecule has 0 unspecified atom stereocenters. The van der Waals surface area contributed by atoms with Gasteiger partial charge in [0, 0.05) is 6.08 Å². The van der Waals surface area contributed by atoms with Crippen LogP contribution in [0.5, 0.6) is 0 Å². The van der Waals surface area contributed by atoms with Crippen LogP contribution in [0.1, 0.15) is 22.3 Å². The minimum Gasteiger partial charge on any atom is -0.298 e. The number of aromatic nitrogens is 1. The quantitative estimate of drug-likeness (QED) is 0.606. The lowest BCUT2D eigenvalue weighted by Gasteiger charge is -2.06. The summed E-state index contributed by atoms with van der Waals surface area (Å²) in [6.45, 7) is 3.94. The van der Waals surface area contributed by atoms with Crippen LogP contribution in [0.15, 0.2) is 42.5 Å². The fraction of sp³-hybridized carbons (Fsp3) is 0.158. The molecular formula is C19H15F3N2OS. The Morgan fingerprint density at radius 2 is 1.96 bits per heavy atom. The molecule has 0 atom stereocenters. The van der Waals surface area contributed by atoms with Crippen LogP contribution in [0.4, 0.5) is 18.3 Å². The first-order chi connectivity index (χ1) is 12.2. The molecule has 1 heterocycles. The van der Waals surface area contributed by atoms with Crippen molar-refractivity contribution in [2.24, 2.45) is 0 Å². The Morgan fingerprint density at radius 1 is 1.19 bits per heavy atom. The van der Waals surface area contributed by atoms with Gasteiger partial charge in [0.1, 0.15) is 0 Å². The van der Waals surface area contributed by atoms with Crippen LogP contribution in [0.3, 0.4) is 0 Å². The standard InChI is InChI=1S/C19H15F3N2OS/c1-11-8-12(2)17-15(9-11)26-18(24-17)23-16(25)7-6-13-4-3-5-14(10-13)19(20,21)22/h3-10H,1-2H3,(H,23,24,25)/b7-6+.